The quantitative estimate of drug-likeness (QED) is 0.703. The number of carboxylic acids is 1. The van der Waals surface area contributed by atoms with Gasteiger partial charge in [0.2, 0.25) is 5.95 Å². The van der Waals surface area contributed by atoms with Crippen LogP contribution in [0.2, 0.25) is 0 Å². The van der Waals surface area contributed by atoms with Gasteiger partial charge in [-0.15, -0.1) is 0 Å². The van der Waals surface area contributed by atoms with E-state index in [-0.39, 0.29) is 12.5 Å². The molecule has 0 aliphatic heterocycles. The fourth-order valence-electron chi connectivity index (χ4n) is 1.61. The van der Waals surface area contributed by atoms with Crippen molar-refractivity contribution in [3.05, 3.63) is 6.33 Å². The highest BCUT2D eigenvalue weighted by Gasteiger charge is 2.19. The number of aliphatic carboxylic acids is 1. The van der Waals surface area contributed by atoms with Gasteiger partial charge in [-0.05, 0) is 12.3 Å². The van der Waals surface area contributed by atoms with Crippen LogP contribution in [0.25, 0.3) is 0 Å². The van der Waals surface area contributed by atoms with E-state index >= 15 is 0 Å². The Kier molecular flexibility index (Phi) is 5.28. The Hall–Kier alpha value is -2.12. The van der Waals surface area contributed by atoms with Crippen LogP contribution < -0.4 is 10.6 Å². The molecular weight excluding hydrogens is 250 g/mol. The summed E-state index contributed by atoms with van der Waals surface area (Å²) in [6, 6.07) is -0.494. The van der Waals surface area contributed by atoms with Crippen molar-refractivity contribution in [1.82, 2.24) is 20.1 Å². The molecule has 1 atom stereocenters. The number of carboxylic acid groups (broad SMARTS) is 1. The van der Waals surface area contributed by atoms with E-state index in [1.54, 1.807) is 7.05 Å². The summed E-state index contributed by atoms with van der Waals surface area (Å²) < 4.78 is 1.41. The van der Waals surface area contributed by atoms with Crippen molar-refractivity contribution >= 4 is 17.9 Å². The van der Waals surface area contributed by atoms with Gasteiger partial charge in [-0.2, -0.15) is 10.1 Å². The predicted molar refractivity (Wildman–Crippen MR) is 68.6 cm³/mol. The van der Waals surface area contributed by atoms with Crippen molar-refractivity contribution in [2.24, 2.45) is 18.9 Å². The third kappa shape index (κ3) is 4.94. The lowest BCUT2D eigenvalue weighted by atomic mass is 9.97. The van der Waals surface area contributed by atoms with E-state index in [0.717, 1.165) is 0 Å². The Morgan fingerprint density at radius 2 is 2.16 bits per heavy atom. The summed E-state index contributed by atoms with van der Waals surface area (Å²) in [7, 11) is 1.64. The lowest BCUT2D eigenvalue weighted by Crippen LogP contribution is -2.36. The first-order valence-corrected chi connectivity index (χ1v) is 6.01. The first-order chi connectivity index (χ1) is 8.90. The summed E-state index contributed by atoms with van der Waals surface area (Å²) in [5.41, 5.74) is 0. The molecule has 0 saturated heterocycles. The van der Waals surface area contributed by atoms with E-state index in [9.17, 15) is 9.59 Å². The van der Waals surface area contributed by atoms with Crippen LogP contribution in [-0.2, 0) is 11.8 Å². The van der Waals surface area contributed by atoms with E-state index in [1.165, 1.54) is 11.0 Å². The van der Waals surface area contributed by atoms with Gasteiger partial charge in [0.15, 0.2) is 0 Å². The minimum Gasteiger partial charge on any atom is -0.481 e. The highest BCUT2D eigenvalue weighted by molar-refractivity contribution is 5.87. The molecule has 0 fully saturated rings. The minimum absolute atomic E-state index is 0.0806. The maximum absolute atomic E-state index is 11.6. The van der Waals surface area contributed by atoms with Crippen LogP contribution in [0.15, 0.2) is 6.33 Å². The van der Waals surface area contributed by atoms with E-state index in [2.05, 4.69) is 20.7 Å². The van der Waals surface area contributed by atoms with Gasteiger partial charge in [-0.1, -0.05) is 13.8 Å². The molecule has 2 amide bonds. The van der Waals surface area contributed by atoms with Crippen molar-refractivity contribution in [3.8, 4) is 0 Å². The lowest BCUT2D eigenvalue weighted by molar-refractivity contribution is -0.142. The van der Waals surface area contributed by atoms with Crippen molar-refractivity contribution in [2.75, 3.05) is 11.9 Å². The zero-order valence-electron chi connectivity index (χ0n) is 11.3. The third-order valence-electron chi connectivity index (χ3n) is 2.55. The van der Waals surface area contributed by atoms with Crippen LogP contribution in [0.5, 0.6) is 0 Å². The molecular formula is C11H19N5O3. The number of aromatic nitrogens is 3. The predicted octanol–water partition coefficient (Wildman–Crippen LogP) is 0.683. The number of rotatable bonds is 6. The first kappa shape index (κ1) is 14.9. The molecule has 8 nitrogen and oxygen atoms in total. The second-order valence-electron chi connectivity index (χ2n) is 4.71. The van der Waals surface area contributed by atoms with Gasteiger partial charge in [-0.25, -0.2) is 9.48 Å². The molecule has 19 heavy (non-hydrogen) atoms. The summed E-state index contributed by atoms with van der Waals surface area (Å²) >= 11 is 0. The molecule has 1 heterocycles. The molecule has 8 heteroatoms. The Balaban J connectivity index is 2.44. The second-order valence-corrected chi connectivity index (χ2v) is 4.71. The Morgan fingerprint density at radius 1 is 1.47 bits per heavy atom. The molecule has 0 aromatic carbocycles. The molecule has 1 aromatic heterocycles. The number of carbonyl (C=O) groups excluding carboxylic acids is 1. The highest BCUT2D eigenvalue weighted by Crippen LogP contribution is 2.11. The Morgan fingerprint density at radius 3 is 2.63 bits per heavy atom. The zero-order chi connectivity index (χ0) is 14.4. The maximum Gasteiger partial charge on any atom is 0.321 e. The smallest absolute Gasteiger partial charge is 0.321 e. The topological polar surface area (TPSA) is 109 Å². The molecule has 3 N–H and O–H groups in total. The van der Waals surface area contributed by atoms with Crippen LogP contribution in [0, 0.1) is 11.8 Å². The fraction of sp³-hybridized carbons (Fsp3) is 0.636. The normalized spacial score (nSPS) is 12.2. The number of aryl methyl sites for hydroxylation is 1. The second kappa shape index (κ2) is 6.72. The fourth-order valence-corrected chi connectivity index (χ4v) is 1.61. The molecule has 0 aliphatic rings. The largest absolute Gasteiger partial charge is 0.481 e. The summed E-state index contributed by atoms with van der Waals surface area (Å²) in [6.45, 7) is 3.96. The van der Waals surface area contributed by atoms with Crippen molar-refractivity contribution in [3.63, 3.8) is 0 Å². The van der Waals surface area contributed by atoms with E-state index in [1.807, 2.05) is 13.8 Å². The van der Waals surface area contributed by atoms with Crippen LogP contribution >= 0.6 is 0 Å². The SMILES string of the molecule is CC(C)CC(CNC(=O)Nc1ncnn1C)C(=O)O. The van der Waals surface area contributed by atoms with Crippen LogP contribution in [0.1, 0.15) is 20.3 Å². The molecule has 0 bridgehead atoms. The lowest BCUT2D eigenvalue weighted by Gasteiger charge is -2.15. The molecule has 0 aliphatic carbocycles. The highest BCUT2D eigenvalue weighted by atomic mass is 16.4. The van der Waals surface area contributed by atoms with Gasteiger partial charge in [0.25, 0.3) is 0 Å². The summed E-state index contributed by atoms with van der Waals surface area (Å²) in [4.78, 5) is 26.4. The molecule has 0 saturated carbocycles. The zero-order valence-corrected chi connectivity index (χ0v) is 11.3. The van der Waals surface area contributed by atoms with Gasteiger partial charge in [-0.3, -0.25) is 10.1 Å². The van der Waals surface area contributed by atoms with Gasteiger partial charge < -0.3 is 10.4 Å². The minimum atomic E-state index is -0.910. The summed E-state index contributed by atoms with van der Waals surface area (Å²) in [6.07, 6.45) is 1.83. The summed E-state index contributed by atoms with van der Waals surface area (Å²) in [5.74, 6) is -0.948. The van der Waals surface area contributed by atoms with Gasteiger partial charge in [0.1, 0.15) is 6.33 Å². The van der Waals surface area contributed by atoms with E-state index in [4.69, 9.17) is 5.11 Å². The maximum atomic E-state index is 11.6. The standard InChI is InChI=1S/C11H19N5O3/c1-7(2)4-8(9(17)18)5-12-11(19)15-10-13-6-14-16(10)3/h6-8H,4-5H2,1-3H3,(H,17,18)(H2,12,13,14,15,19). The van der Waals surface area contributed by atoms with Gasteiger partial charge >= 0.3 is 12.0 Å². The van der Waals surface area contributed by atoms with Gasteiger partial charge in [0.05, 0.1) is 5.92 Å². The summed E-state index contributed by atoms with van der Waals surface area (Å²) in [5, 5.41) is 17.8. The molecule has 106 valence electrons. The first-order valence-electron chi connectivity index (χ1n) is 6.01. The number of hydrogen-bond acceptors (Lipinski definition) is 4. The Labute approximate surface area is 111 Å². The molecule has 1 unspecified atom stereocenters. The van der Waals surface area contributed by atoms with Crippen molar-refractivity contribution in [1.29, 1.82) is 0 Å². The van der Waals surface area contributed by atoms with Crippen LogP contribution in [-0.4, -0.2) is 38.4 Å². The van der Waals surface area contributed by atoms with Gasteiger partial charge in [0, 0.05) is 13.6 Å². The Bertz CT molecular complexity index is 443. The number of anilines is 1. The molecule has 1 aromatic rings. The van der Waals surface area contributed by atoms with E-state index < -0.39 is 17.9 Å². The van der Waals surface area contributed by atoms with Crippen molar-refractivity contribution < 1.29 is 14.7 Å². The molecule has 1 rings (SSSR count). The van der Waals surface area contributed by atoms with Crippen molar-refractivity contribution in [2.45, 2.75) is 20.3 Å². The average Bonchev–Trinajstić information content (AvgIpc) is 2.69. The number of amides is 2. The van der Waals surface area contributed by atoms with E-state index in [0.29, 0.717) is 12.4 Å². The third-order valence-corrected chi connectivity index (χ3v) is 2.55. The number of carbonyl (C=O) groups is 2. The number of nitrogens with one attached hydrogen (secondary N) is 2. The number of nitrogens with zero attached hydrogens (tertiary/aromatic N) is 3. The molecule has 0 radical (unpaired) electrons. The average molecular weight is 269 g/mol. The number of urea groups is 1. The molecule has 0 spiro atoms. The monoisotopic (exact) mass is 269 g/mol. The number of hydrogen-bond donors (Lipinski definition) is 3. The van der Waals surface area contributed by atoms with Crippen LogP contribution in [0.3, 0.4) is 0 Å². The van der Waals surface area contributed by atoms with Crippen LogP contribution in [0.4, 0.5) is 10.7 Å².